The summed E-state index contributed by atoms with van der Waals surface area (Å²) < 4.78 is 1.72. The molecule has 0 fully saturated rings. The number of hydrazine groups is 1. The summed E-state index contributed by atoms with van der Waals surface area (Å²) in [4.78, 5) is 32.8. The number of amidine groups is 1. The lowest BCUT2D eigenvalue weighted by atomic mass is 9.98. The van der Waals surface area contributed by atoms with Crippen LogP contribution in [0.25, 0.3) is 11.1 Å². The summed E-state index contributed by atoms with van der Waals surface area (Å²) in [7, 11) is 5.52. The first-order valence-electron chi connectivity index (χ1n) is 11.8. The molecule has 194 valence electrons. The van der Waals surface area contributed by atoms with Gasteiger partial charge < -0.3 is 15.6 Å². The number of aliphatic imine (C=N–C) groups is 1. The fraction of sp³-hybridized carbons (Fsp3) is 0.308. The molecule has 1 atom stereocenters. The second-order valence-electron chi connectivity index (χ2n) is 9.12. The second kappa shape index (κ2) is 11.8. The van der Waals surface area contributed by atoms with Gasteiger partial charge in [0.05, 0.1) is 25.2 Å². The number of benzene rings is 2. The van der Waals surface area contributed by atoms with Crippen molar-refractivity contribution in [2.24, 2.45) is 18.0 Å². The first kappa shape index (κ1) is 26.7. The molecule has 1 aliphatic rings. The van der Waals surface area contributed by atoms with E-state index >= 15 is 0 Å². The average Bonchev–Trinajstić information content (AvgIpc) is 3.23. The molecule has 11 heteroatoms. The highest BCUT2D eigenvalue weighted by molar-refractivity contribution is 6.36. The SMILES string of the molecule is CN(C)NC1=NC[C@@H](Cc2c(Cl)cccc2Cl)C(=O)N(CC(=O)Nc2cccc(-c3cnn(C)c3)c2)C1. The molecule has 2 N–H and O–H groups in total. The Balaban J connectivity index is 1.51. The van der Waals surface area contributed by atoms with Gasteiger partial charge in [0.25, 0.3) is 0 Å². The molecule has 0 bridgehead atoms. The van der Waals surface area contributed by atoms with Gasteiger partial charge in [0.2, 0.25) is 11.8 Å². The Morgan fingerprint density at radius 3 is 2.54 bits per heavy atom. The molecule has 1 aliphatic heterocycles. The molecule has 0 saturated heterocycles. The van der Waals surface area contributed by atoms with E-state index in [1.54, 1.807) is 34.1 Å². The Morgan fingerprint density at radius 1 is 1.14 bits per heavy atom. The summed E-state index contributed by atoms with van der Waals surface area (Å²) >= 11 is 12.7. The summed E-state index contributed by atoms with van der Waals surface area (Å²) in [6.07, 6.45) is 3.99. The van der Waals surface area contributed by atoms with Gasteiger partial charge in [-0.2, -0.15) is 5.10 Å². The van der Waals surface area contributed by atoms with Gasteiger partial charge in [0, 0.05) is 48.6 Å². The number of hydrogen-bond acceptors (Lipinski definition) is 6. The van der Waals surface area contributed by atoms with Crippen molar-refractivity contribution in [3.63, 3.8) is 0 Å². The van der Waals surface area contributed by atoms with Crippen molar-refractivity contribution in [3.05, 3.63) is 70.5 Å². The van der Waals surface area contributed by atoms with Crippen molar-refractivity contribution in [1.82, 2.24) is 25.1 Å². The summed E-state index contributed by atoms with van der Waals surface area (Å²) in [6.45, 7) is 0.297. The van der Waals surface area contributed by atoms with Crippen molar-refractivity contribution < 1.29 is 9.59 Å². The molecule has 37 heavy (non-hydrogen) atoms. The van der Waals surface area contributed by atoms with Crippen LogP contribution in [0.5, 0.6) is 0 Å². The number of anilines is 1. The summed E-state index contributed by atoms with van der Waals surface area (Å²) in [5.41, 5.74) is 6.33. The van der Waals surface area contributed by atoms with Crippen molar-refractivity contribution in [2.75, 3.05) is 39.0 Å². The predicted molar refractivity (Wildman–Crippen MR) is 147 cm³/mol. The first-order valence-corrected chi connectivity index (χ1v) is 12.5. The molecule has 9 nitrogen and oxygen atoms in total. The molecule has 0 saturated carbocycles. The second-order valence-corrected chi connectivity index (χ2v) is 9.94. The molecule has 3 aromatic rings. The van der Waals surface area contributed by atoms with Crippen molar-refractivity contribution in [3.8, 4) is 11.1 Å². The average molecular weight is 542 g/mol. The predicted octanol–water partition coefficient (Wildman–Crippen LogP) is 3.50. The molecule has 2 amide bonds. The Kier molecular flexibility index (Phi) is 8.48. The standard InChI is InChI=1S/C26H29Cl2N7O2/c1-33(2)32-24-15-35(26(37)18(12-29-24)11-21-22(27)8-5-9-23(21)28)16-25(36)31-20-7-4-6-17(10-20)19-13-30-34(3)14-19/h4-10,13-14,18H,11-12,15-16H2,1-3H3,(H,29,32)(H,31,36)/t18-/m1/s1. The van der Waals surface area contributed by atoms with Crippen LogP contribution in [-0.4, -0.2) is 71.1 Å². The maximum Gasteiger partial charge on any atom is 0.244 e. The molecule has 0 aliphatic carbocycles. The largest absolute Gasteiger partial charge is 0.326 e. The molecule has 2 heterocycles. The lowest BCUT2D eigenvalue weighted by Crippen LogP contribution is -2.47. The smallest absolute Gasteiger partial charge is 0.244 e. The quantitative estimate of drug-likeness (QED) is 0.446. The van der Waals surface area contributed by atoms with Crippen LogP contribution < -0.4 is 10.7 Å². The first-order chi connectivity index (χ1) is 17.7. The number of rotatable bonds is 7. The molecule has 0 spiro atoms. The van der Waals surface area contributed by atoms with E-state index < -0.39 is 5.92 Å². The third-order valence-corrected chi connectivity index (χ3v) is 6.60. The third kappa shape index (κ3) is 6.88. The van der Waals surface area contributed by atoms with E-state index in [1.807, 2.05) is 51.6 Å². The number of hydrogen-bond donors (Lipinski definition) is 2. The van der Waals surface area contributed by atoms with Crippen molar-refractivity contribution in [1.29, 1.82) is 0 Å². The van der Waals surface area contributed by atoms with Crippen LogP contribution in [-0.2, 0) is 23.1 Å². The van der Waals surface area contributed by atoms with Gasteiger partial charge in [-0.15, -0.1) is 0 Å². The minimum atomic E-state index is -0.513. The number of carbonyl (C=O) groups excluding carboxylic acids is 2. The van der Waals surface area contributed by atoms with Crippen LogP contribution in [0.2, 0.25) is 10.0 Å². The molecule has 2 aromatic carbocycles. The molecule has 0 unspecified atom stereocenters. The highest BCUT2D eigenvalue weighted by Crippen LogP contribution is 2.28. The number of halogens is 2. The minimum Gasteiger partial charge on any atom is -0.326 e. The molecule has 0 radical (unpaired) electrons. The van der Waals surface area contributed by atoms with Crippen LogP contribution in [0, 0.1) is 5.92 Å². The summed E-state index contributed by atoms with van der Waals surface area (Å²) in [5.74, 6) is -0.412. The van der Waals surface area contributed by atoms with Gasteiger partial charge in [-0.25, -0.2) is 5.01 Å². The molecular formula is C26H29Cl2N7O2. The number of nitrogens with zero attached hydrogens (tertiary/aromatic N) is 5. The van der Waals surface area contributed by atoms with Crippen LogP contribution in [0.4, 0.5) is 5.69 Å². The van der Waals surface area contributed by atoms with Gasteiger partial charge in [0.15, 0.2) is 0 Å². The number of aryl methyl sites for hydroxylation is 1. The molecule has 4 rings (SSSR count). The highest BCUT2D eigenvalue weighted by Gasteiger charge is 2.31. The number of aromatic nitrogens is 2. The Morgan fingerprint density at radius 2 is 1.86 bits per heavy atom. The maximum absolute atomic E-state index is 13.6. The Hall–Kier alpha value is -3.40. The van der Waals surface area contributed by atoms with Gasteiger partial charge in [-0.3, -0.25) is 19.3 Å². The van der Waals surface area contributed by atoms with Gasteiger partial charge in [-0.1, -0.05) is 41.4 Å². The van der Waals surface area contributed by atoms with Crippen LogP contribution in [0.3, 0.4) is 0 Å². The fourth-order valence-electron chi connectivity index (χ4n) is 4.17. The van der Waals surface area contributed by atoms with E-state index in [9.17, 15) is 9.59 Å². The van der Waals surface area contributed by atoms with E-state index in [0.717, 1.165) is 11.1 Å². The van der Waals surface area contributed by atoms with Gasteiger partial charge in [0.1, 0.15) is 12.4 Å². The fourth-order valence-corrected chi connectivity index (χ4v) is 4.73. The van der Waals surface area contributed by atoms with E-state index in [1.165, 1.54) is 4.90 Å². The van der Waals surface area contributed by atoms with Crippen molar-refractivity contribution in [2.45, 2.75) is 6.42 Å². The number of carbonyl (C=O) groups is 2. The molecular weight excluding hydrogens is 513 g/mol. The zero-order valence-corrected chi connectivity index (χ0v) is 22.4. The summed E-state index contributed by atoms with van der Waals surface area (Å²) in [5, 5.41) is 9.86. The van der Waals surface area contributed by atoms with E-state index in [-0.39, 0.29) is 31.4 Å². The Bertz CT molecular complexity index is 1300. The van der Waals surface area contributed by atoms with E-state index in [0.29, 0.717) is 33.6 Å². The lowest BCUT2D eigenvalue weighted by molar-refractivity contribution is -0.137. The van der Waals surface area contributed by atoms with Gasteiger partial charge >= 0.3 is 0 Å². The third-order valence-electron chi connectivity index (χ3n) is 5.89. The van der Waals surface area contributed by atoms with Gasteiger partial charge in [-0.05, 0) is 41.8 Å². The lowest BCUT2D eigenvalue weighted by Gasteiger charge is -2.25. The highest BCUT2D eigenvalue weighted by atomic mass is 35.5. The normalized spacial score (nSPS) is 15.9. The monoisotopic (exact) mass is 541 g/mol. The molecule has 1 aromatic heterocycles. The van der Waals surface area contributed by atoms with E-state index in [2.05, 4.69) is 20.8 Å². The Labute approximate surface area is 226 Å². The number of nitrogens with one attached hydrogen (secondary N) is 2. The van der Waals surface area contributed by atoms with Crippen molar-refractivity contribution >= 4 is 46.5 Å². The summed E-state index contributed by atoms with van der Waals surface area (Å²) in [6, 6.07) is 12.8. The van der Waals surface area contributed by atoms with Crippen LogP contribution >= 0.6 is 23.2 Å². The minimum absolute atomic E-state index is 0.128. The van der Waals surface area contributed by atoms with Crippen LogP contribution in [0.1, 0.15) is 5.56 Å². The maximum atomic E-state index is 13.6. The van der Waals surface area contributed by atoms with Crippen LogP contribution in [0.15, 0.2) is 59.9 Å². The number of amides is 2. The zero-order chi connectivity index (χ0) is 26.5. The zero-order valence-electron chi connectivity index (χ0n) is 20.9. The van der Waals surface area contributed by atoms with E-state index in [4.69, 9.17) is 23.2 Å². The topological polar surface area (TPSA) is 94.9 Å².